The van der Waals surface area contributed by atoms with E-state index in [-0.39, 0.29) is 23.4 Å². The minimum Gasteiger partial charge on any atom is -0.349 e. The van der Waals surface area contributed by atoms with E-state index in [1.807, 2.05) is 13.0 Å². The first-order chi connectivity index (χ1) is 7.91. The summed E-state index contributed by atoms with van der Waals surface area (Å²) >= 11 is 0. The van der Waals surface area contributed by atoms with Gasteiger partial charge in [-0.2, -0.15) is 0 Å². The molecule has 1 heterocycles. The second-order valence-corrected chi connectivity index (χ2v) is 5.44. The van der Waals surface area contributed by atoms with Gasteiger partial charge in [0, 0.05) is 29.9 Å². The fourth-order valence-corrected chi connectivity index (χ4v) is 2.12. The molecular weight excluding hydrogens is 214 g/mol. The number of carbonyl (C=O) groups excluding carboxylic acids is 1. The van der Waals surface area contributed by atoms with Crippen molar-refractivity contribution in [2.24, 2.45) is 11.1 Å². The smallest absolute Gasteiger partial charge is 0.253 e. The topological polar surface area (TPSA) is 68.0 Å². The van der Waals surface area contributed by atoms with Crippen LogP contribution in [-0.2, 0) is 0 Å². The number of nitrogens with one attached hydrogen (secondary N) is 1. The molecule has 2 atom stereocenters. The van der Waals surface area contributed by atoms with E-state index in [0.717, 1.165) is 12.0 Å². The fourth-order valence-electron chi connectivity index (χ4n) is 2.12. The molecule has 1 aliphatic rings. The van der Waals surface area contributed by atoms with E-state index in [4.69, 9.17) is 5.73 Å². The van der Waals surface area contributed by atoms with Gasteiger partial charge in [-0.25, -0.2) is 0 Å². The van der Waals surface area contributed by atoms with Crippen molar-refractivity contribution in [1.82, 2.24) is 10.3 Å². The number of hydrogen-bond acceptors (Lipinski definition) is 3. The largest absolute Gasteiger partial charge is 0.349 e. The predicted molar refractivity (Wildman–Crippen MR) is 66.6 cm³/mol. The second kappa shape index (κ2) is 4.11. The van der Waals surface area contributed by atoms with Gasteiger partial charge in [0.1, 0.15) is 0 Å². The van der Waals surface area contributed by atoms with Crippen LogP contribution in [0.1, 0.15) is 36.2 Å². The quantitative estimate of drug-likeness (QED) is 0.807. The molecule has 92 valence electrons. The molecule has 4 heteroatoms. The Labute approximate surface area is 102 Å². The molecule has 0 aromatic carbocycles. The molecule has 1 aromatic heterocycles. The zero-order valence-electron chi connectivity index (χ0n) is 10.5. The lowest BCUT2D eigenvalue weighted by atomic mass is 9.63. The van der Waals surface area contributed by atoms with Crippen LogP contribution in [0.2, 0.25) is 0 Å². The number of aryl methyl sites for hydroxylation is 1. The van der Waals surface area contributed by atoms with E-state index < -0.39 is 0 Å². The summed E-state index contributed by atoms with van der Waals surface area (Å²) in [5.41, 5.74) is 7.50. The molecule has 1 fully saturated rings. The SMILES string of the molecule is Cc1cncc(C(=O)NC2CC(N)C2(C)C)c1. The Morgan fingerprint density at radius 1 is 1.53 bits per heavy atom. The number of pyridine rings is 1. The van der Waals surface area contributed by atoms with Gasteiger partial charge >= 0.3 is 0 Å². The van der Waals surface area contributed by atoms with E-state index in [9.17, 15) is 4.79 Å². The normalized spacial score (nSPS) is 26.1. The van der Waals surface area contributed by atoms with Gasteiger partial charge in [0.15, 0.2) is 0 Å². The van der Waals surface area contributed by atoms with Crippen LogP contribution in [0.15, 0.2) is 18.5 Å². The van der Waals surface area contributed by atoms with E-state index in [1.165, 1.54) is 0 Å². The van der Waals surface area contributed by atoms with Crippen molar-refractivity contribution in [2.75, 3.05) is 0 Å². The monoisotopic (exact) mass is 233 g/mol. The third kappa shape index (κ3) is 2.17. The number of nitrogens with zero attached hydrogens (tertiary/aromatic N) is 1. The van der Waals surface area contributed by atoms with Crippen molar-refractivity contribution in [2.45, 2.75) is 39.3 Å². The molecule has 2 unspecified atom stereocenters. The summed E-state index contributed by atoms with van der Waals surface area (Å²) in [6, 6.07) is 2.17. The van der Waals surface area contributed by atoms with Gasteiger partial charge in [-0.15, -0.1) is 0 Å². The second-order valence-electron chi connectivity index (χ2n) is 5.44. The highest BCUT2D eigenvalue weighted by Gasteiger charge is 2.46. The molecule has 0 aliphatic heterocycles. The average molecular weight is 233 g/mol. The maximum absolute atomic E-state index is 12.0. The minimum absolute atomic E-state index is 0.0209. The van der Waals surface area contributed by atoms with Crippen LogP contribution < -0.4 is 11.1 Å². The Hall–Kier alpha value is -1.42. The number of carbonyl (C=O) groups is 1. The van der Waals surface area contributed by atoms with Crippen LogP contribution in [0.5, 0.6) is 0 Å². The Morgan fingerprint density at radius 3 is 2.76 bits per heavy atom. The molecule has 2 rings (SSSR count). The molecule has 1 amide bonds. The Bertz CT molecular complexity index is 442. The zero-order valence-corrected chi connectivity index (χ0v) is 10.5. The first-order valence-corrected chi connectivity index (χ1v) is 5.89. The Morgan fingerprint density at radius 2 is 2.24 bits per heavy atom. The third-order valence-electron chi connectivity index (χ3n) is 3.79. The number of hydrogen-bond donors (Lipinski definition) is 2. The highest BCUT2D eigenvalue weighted by molar-refractivity contribution is 5.94. The number of nitrogens with two attached hydrogens (primary N) is 1. The van der Waals surface area contributed by atoms with Crippen LogP contribution in [0.25, 0.3) is 0 Å². The molecular formula is C13H19N3O. The lowest BCUT2D eigenvalue weighted by Gasteiger charge is -2.50. The van der Waals surface area contributed by atoms with Crippen LogP contribution in [0, 0.1) is 12.3 Å². The molecule has 4 nitrogen and oxygen atoms in total. The fraction of sp³-hybridized carbons (Fsp3) is 0.538. The highest BCUT2D eigenvalue weighted by atomic mass is 16.1. The molecule has 0 radical (unpaired) electrons. The molecule has 1 aromatic rings. The summed E-state index contributed by atoms with van der Waals surface area (Å²) in [5.74, 6) is -0.0637. The molecule has 1 saturated carbocycles. The van der Waals surface area contributed by atoms with Gasteiger partial charge in [0.2, 0.25) is 0 Å². The lowest BCUT2D eigenvalue weighted by Crippen LogP contribution is -2.64. The van der Waals surface area contributed by atoms with Gasteiger partial charge in [0.25, 0.3) is 5.91 Å². The third-order valence-corrected chi connectivity index (χ3v) is 3.79. The van der Waals surface area contributed by atoms with E-state index in [0.29, 0.717) is 5.56 Å². The molecule has 3 N–H and O–H groups in total. The van der Waals surface area contributed by atoms with Crippen molar-refractivity contribution in [3.05, 3.63) is 29.6 Å². The van der Waals surface area contributed by atoms with Gasteiger partial charge in [-0.05, 0) is 25.0 Å². The molecule has 0 saturated heterocycles. The molecule has 1 aliphatic carbocycles. The highest BCUT2D eigenvalue weighted by Crippen LogP contribution is 2.39. The average Bonchev–Trinajstić information content (AvgIpc) is 2.28. The maximum Gasteiger partial charge on any atom is 0.253 e. The van der Waals surface area contributed by atoms with Crippen molar-refractivity contribution in [3.63, 3.8) is 0 Å². The standard InChI is InChI=1S/C13H19N3O/c1-8-4-9(7-15-6-8)12(17)16-11-5-10(14)13(11,2)3/h4,6-7,10-11H,5,14H2,1-3H3,(H,16,17). The minimum atomic E-state index is -0.0637. The van der Waals surface area contributed by atoms with Gasteiger partial charge in [-0.3, -0.25) is 9.78 Å². The van der Waals surface area contributed by atoms with Crippen LogP contribution in [0.4, 0.5) is 0 Å². The van der Waals surface area contributed by atoms with Crippen LogP contribution >= 0.6 is 0 Å². The summed E-state index contributed by atoms with van der Waals surface area (Å²) in [6.45, 7) is 6.09. The maximum atomic E-state index is 12.0. The summed E-state index contributed by atoms with van der Waals surface area (Å²) < 4.78 is 0. The summed E-state index contributed by atoms with van der Waals surface area (Å²) in [5, 5.41) is 3.02. The van der Waals surface area contributed by atoms with E-state index in [1.54, 1.807) is 12.4 Å². The van der Waals surface area contributed by atoms with Gasteiger partial charge < -0.3 is 11.1 Å². The lowest BCUT2D eigenvalue weighted by molar-refractivity contribution is 0.0586. The summed E-state index contributed by atoms with van der Waals surface area (Å²) in [4.78, 5) is 16.0. The molecule has 0 spiro atoms. The van der Waals surface area contributed by atoms with Crippen molar-refractivity contribution < 1.29 is 4.79 Å². The van der Waals surface area contributed by atoms with Crippen molar-refractivity contribution >= 4 is 5.91 Å². The first kappa shape index (κ1) is 12.0. The van der Waals surface area contributed by atoms with E-state index >= 15 is 0 Å². The van der Waals surface area contributed by atoms with Crippen LogP contribution in [-0.4, -0.2) is 23.0 Å². The van der Waals surface area contributed by atoms with Crippen molar-refractivity contribution in [3.8, 4) is 0 Å². The molecule has 0 bridgehead atoms. The summed E-state index contributed by atoms with van der Waals surface area (Å²) in [6.07, 6.45) is 4.17. The number of aromatic nitrogens is 1. The van der Waals surface area contributed by atoms with Gasteiger partial charge in [0.05, 0.1) is 5.56 Å². The predicted octanol–water partition coefficient (Wildman–Crippen LogP) is 1.25. The van der Waals surface area contributed by atoms with E-state index in [2.05, 4.69) is 24.1 Å². The molecule has 17 heavy (non-hydrogen) atoms. The van der Waals surface area contributed by atoms with Crippen molar-refractivity contribution in [1.29, 1.82) is 0 Å². The van der Waals surface area contributed by atoms with Gasteiger partial charge in [-0.1, -0.05) is 13.8 Å². The first-order valence-electron chi connectivity index (χ1n) is 5.89. The number of rotatable bonds is 2. The van der Waals surface area contributed by atoms with Crippen LogP contribution in [0.3, 0.4) is 0 Å². The summed E-state index contributed by atoms with van der Waals surface area (Å²) in [7, 11) is 0. The Kier molecular flexibility index (Phi) is 2.91. The number of amides is 1. The zero-order chi connectivity index (χ0) is 12.6. The Balaban J connectivity index is 2.04.